The molecule has 6 heteroatoms. The minimum Gasteiger partial charge on any atom is -0.487 e. The number of nitrogens with one attached hydrogen (secondary N) is 2. The van der Waals surface area contributed by atoms with Crippen LogP contribution in [0, 0.1) is 5.82 Å². The predicted octanol–water partition coefficient (Wildman–Crippen LogP) is 3.32. The number of rotatable bonds is 5. The molecule has 1 saturated heterocycles. The summed E-state index contributed by atoms with van der Waals surface area (Å²) >= 11 is 0. The summed E-state index contributed by atoms with van der Waals surface area (Å²) in [7, 11) is 0. The van der Waals surface area contributed by atoms with Crippen LogP contribution in [0.15, 0.2) is 48.5 Å². The van der Waals surface area contributed by atoms with Gasteiger partial charge in [-0.3, -0.25) is 0 Å². The molecule has 126 valence electrons. The summed E-state index contributed by atoms with van der Waals surface area (Å²) in [6.07, 6.45) is 0.752. The normalized spacial score (nSPS) is 16.6. The van der Waals surface area contributed by atoms with E-state index in [9.17, 15) is 9.18 Å². The van der Waals surface area contributed by atoms with Gasteiger partial charge in [0.1, 0.15) is 18.0 Å². The van der Waals surface area contributed by atoms with Crippen molar-refractivity contribution < 1.29 is 18.7 Å². The average Bonchev–Trinajstić information content (AvgIpc) is 3.09. The molecule has 1 heterocycles. The van der Waals surface area contributed by atoms with Crippen LogP contribution in [0.2, 0.25) is 0 Å². The number of carbonyl (C=O) groups excluding carboxylic acids is 1. The Morgan fingerprint density at radius 1 is 1.21 bits per heavy atom. The van der Waals surface area contributed by atoms with E-state index in [0.29, 0.717) is 13.2 Å². The number of halogens is 1. The number of amides is 2. The molecular formula is C18H19FN2O3. The molecule has 5 nitrogen and oxygen atoms in total. The lowest BCUT2D eigenvalue weighted by atomic mass is 10.2. The van der Waals surface area contributed by atoms with Gasteiger partial charge in [0.2, 0.25) is 0 Å². The van der Waals surface area contributed by atoms with Gasteiger partial charge in [0.15, 0.2) is 5.82 Å². The fraction of sp³-hybridized carbons (Fsp3) is 0.278. The Balaban J connectivity index is 1.66. The highest BCUT2D eigenvalue weighted by Crippen LogP contribution is 2.28. The van der Waals surface area contributed by atoms with Crippen molar-refractivity contribution in [2.24, 2.45) is 0 Å². The van der Waals surface area contributed by atoms with Crippen LogP contribution < -0.4 is 15.4 Å². The van der Waals surface area contributed by atoms with Crippen LogP contribution in [0.25, 0.3) is 0 Å². The van der Waals surface area contributed by atoms with Gasteiger partial charge in [-0.2, -0.15) is 0 Å². The lowest BCUT2D eigenvalue weighted by Gasteiger charge is -2.15. The van der Waals surface area contributed by atoms with Crippen LogP contribution in [-0.2, 0) is 11.3 Å². The largest absolute Gasteiger partial charge is 0.487 e. The van der Waals surface area contributed by atoms with Gasteiger partial charge in [-0.05, 0) is 24.1 Å². The van der Waals surface area contributed by atoms with E-state index in [1.165, 1.54) is 6.07 Å². The highest BCUT2D eigenvalue weighted by atomic mass is 19.1. The zero-order chi connectivity index (χ0) is 16.8. The van der Waals surface area contributed by atoms with E-state index in [0.717, 1.165) is 12.0 Å². The zero-order valence-corrected chi connectivity index (χ0v) is 13.1. The Kier molecular flexibility index (Phi) is 5.28. The molecule has 0 unspecified atom stereocenters. The lowest BCUT2D eigenvalue weighted by molar-refractivity contribution is 0.189. The molecule has 0 bridgehead atoms. The SMILES string of the molecule is O=C(Nc1c(F)cccc1OCc1ccccc1)N[C@H]1CCOC1. The van der Waals surface area contributed by atoms with Gasteiger partial charge in [-0.15, -0.1) is 0 Å². The molecule has 24 heavy (non-hydrogen) atoms. The third-order valence-corrected chi connectivity index (χ3v) is 3.72. The Morgan fingerprint density at radius 3 is 2.79 bits per heavy atom. The van der Waals surface area contributed by atoms with E-state index in [-0.39, 0.29) is 24.1 Å². The van der Waals surface area contributed by atoms with E-state index in [1.807, 2.05) is 30.3 Å². The highest BCUT2D eigenvalue weighted by molar-refractivity contribution is 5.91. The Bertz CT molecular complexity index is 688. The van der Waals surface area contributed by atoms with Crippen molar-refractivity contribution in [3.05, 3.63) is 59.9 Å². The van der Waals surface area contributed by atoms with E-state index in [4.69, 9.17) is 9.47 Å². The quantitative estimate of drug-likeness (QED) is 0.884. The molecule has 1 fully saturated rings. The van der Waals surface area contributed by atoms with Gasteiger partial charge in [-0.1, -0.05) is 36.4 Å². The Morgan fingerprint density at radius 2 is 2.04 bits per heavy atom. The van der Waals surface area contributed by atoms with Crippen LogP contribution in [0.3, 0.4) is 0 Å². The third-order valence-electron chi connectivity index (χ3n) is 3.72. The highest BCUT2D eigenvalue weighted by Gasteiger charge is 2.19. The Hall–Kier alpha value is -2.60. The van der Waals surface area contributed by atoms with Gasteiger partial charge in [0.25, 0.3) is 0 Å². The second-order valence-electron chi connectivity index (χ2n) is 5.55. The van der Waals surface area contributed by atoms with Crippen molar-refractivity contribution in [1.29, 1.82) is 0 Å². The molecule has 0 aromatic heterocycles. The fourth-order valence-electron chi connectivity index (χ4n) is 2.46. The number of urea groups is 1. The maximum absolute atomic E-state index is 14.1. The third kappa shape index (κ3) is 4.23. The van der Waals surface area contributed by atoms with E-state index >= 15 is 0 Å². The van der Waals surface area contributed by atoms with Gasteiger partial charge in [0.05, 0.1) is 12.6 Å². The number of ether oxygens (including phenoxy) is 2. The number of carbonyl (C=O) groups is 1. The first-order valence-corrected chi connectivity index (χ1v) is 7.83. The predicted molar refractivity (Wildman–Crippen MR) is 88.6 cm³/mol. The first-order valence-electron chi connectivity index (χ1n) is 7.83. The van der Waals surface area contributed by atoms with Crippen LogP contribution in [-0.4, -0.2) is 25.3 Å². The summed E-state index contributed by atoms with van der Waals surface area (Å²) in [5.74, 6) is -0.255. The molecule has 3 rings (SSSR count). The van der Waals surface area contributed by atoms with Crippen LogP contribution >= 0.6 is 0 Å². The second kappa shape index (κ2) is 7.79. The van der Waals surface area contributed by atoms with Crippen LogP contribution in [0.1, 0.15) is 12.0 Å². The summed E-state index contributed by atoms with van der Waals surface area (Å²) in [6.45, 7) is 1.38. The smallest absolute Gasteiger partial charge is 0.319 e. The number of anilines is 1. The Labute approximate surface area is 139 Å². The molecule has 1 atom stereocenters. The van der Waals surface area contributed by atoms with Gasteiger partial charge in [0, 0.05) is 6.61 Å². The molecule has 2 aromatic rings. The summed E-state index contributed by atoms with van der Waals surface area (Å²) in [5.41, 5.74) is 0.991. The van der Waals surface area contributed by atoms with Crippen molar-refractivity contribution in [2.75, 3.05) is 18.5 Å². The van der Waals surface area contributed by atoms with Gasteiger partial charge < -0.3 is 20.1 Å². The monoisotopic (exact) mass is 330 g/mol. The maximum Gasteiger partial charge on any atom is 0.319 e. The minimum absolute atomic E-state index is 0.0323. The van der Waals surface area contributed by atoms with Crippen LogP contribution in [0.4, 0.5) is 14.9 Å². The summed E-state index contributed by atoms with van der Waals surface area (Å²) in [5, 5.41) is 5.29. The molecule has 2 amide bonds. The van der Waals surface area contributed by atoms with Crippen molar-refractivity contribution in [1.82, 2.24) is 5.32 Å². The number of para-hydroxylation sites is 1. The topological polar surface area (TPSA) is 59.6 Å². The molecule has 2 N–H and O–H groups in total. The van der Waals surface area contributed by atoms with Crippen molar-refractivity contribution in [3.8, 4) is 5.75 Å². The maximum atomic E-state index is 14.1. The van der Waals surface area contributed by atoms with E-state index in [1.54, 1.807) is 12.1 Å². The number of hydrogen-bond acceptors (Lipinski definition) is 3. The average molecular weight is 330 g/mol. The van der Waals surface area contributed by atoms with Crippen molar-refractivity contribution in [3.63, 3.8) is 0 Å². The minimum atomic E-state index is -0.543. The zero-order valence-electron chi connectivity index (χ0n) is 13.1. The molecular weight excluding hydrogens is 311 g/mol. The van der Waals surface area contributed by atoms with Gasteiger partial charge >= 0.3 is 6.03 Å². The molecule has 1 aliphatic heterocycles. The molecule has 0 aliphatic carbocycles. The molecule has 1 aliphatic rings. The first kappa shape index (κ1) is 16.3. The van der Waals surface area contributed by atoms with Crippen LogP contribution in [0.5, 0.6) is 5.75 Å². The molecule has 0 saturated carbocycles. The standard InChI is InChI=1S/C18H19FN2O3/c19-15-7-4-8-16(24-11-13-5-2-1-3-6-13)17(15)21-18(22)20-14-9-10-23-12-14/h1-8,14H,9-12H2,(H2,20,21,22)/t14-/m0/s1. The van der Waals surface area contributed by atoms with E-state index in [2.05, 4.69) is 10.6 Å². The first-order chi connectivity index (χ1) is 11.7. The molecule has 2 aromatic carbocycles. The molecule has 0 spiro atoms. The molecule has 0 radical (unpaired) electrons. The number of benzene rings is 2. The fourth-order valence-corrected chi connectivity index (χ4v) is 2.46. The number of hydrogen-bond donors (Lipinski definition) is 2. The van der Waals surface area contributed by atoms with E-state index < -0.39 is 11.8 Å². The second-order valence-corrected chi connectivity index (χ2v) is 5.55. The lowest BCUT2D eigenvalue weighted by Crippen LogP contribution is -2.38. The van der Waals surface area contributed by atoms with Gasteiger partial charge in [-0.25, -0.2) is 9.18 Å². The summed E-state index contributed by atoms with van der Waals surface area (Å²) < 4.78 is 25.0. The summed E-state index contributed by atoms with van der Waals surface area (Å²) in [6, 6.07) is 13.5. The summed E-state index contributed by atoms with van der Waals surface area (Å²) in [4.78, 5) is 12.0. The van der Waals surface area contributed by atoms with Crippen molar-refractivity contribution in [2.45, 2.75) is 19.1 Å². The van der Waals surface area contributed by atoms with Crippen molar-refractivity contribution >= 4 is 11.7 Å².